The van der Waals surface area contributed by atoms with Gasteiger partial charge in [-0.25, -0.2) is 0 Å². The van der Waals surface area contributed by atoms with Crippen molar-refractivity contribution in [3.63, 3.8) is 0 Å². The molecule has 0 amide bonds. The summed E-state index contributed by atoms with van der Waals surface area (Å²) >= 11 is 0. The molecule has 0 aliphatic heterocycles. The van der Waals surface area contributed by atoms with Crippen LogP contribution in [0.3, 0.4) is 0 Å². The SMILES string of the molecule is CCN(CC)CCc1ccc(NCCOC)cc1. The summed E-state index contributed by atoms with van der Waals surface area (Å²) in [4.78, 5) is 2.45. The first-order chi connectivity index (χ1) is 8.80. The molecule has 18 heavy (non-hydrogen) atoms. The van der Waals surface area contributed by atoms with E-state index in [-0.39, 0.29) is 0 Å². The molecule has 0 unspecified atom stereocenters. The number of likely N-dealkylation sites (N-methyl/N-ethyl adjacent to an activating group) is 1. The first-order valence-electron chi connectivity index (χ1n) is 6.84. The lowest BCUT2D eigenvalue weighted by Gasteiger charge is -2.17. The summed E-state index contributed by atoms with van der Waals surface area (Å²) < 4.78 is 5.01. The molecule has 0 spiro atoms. The van der Waals surface area contributed by atoms with Crippen molar-refractivity contribution in [1.29, 1.82) is 0 Å². The molecule has 1 aromatic carbocycles. The summed E-state index contributed by atoms with van der Waals surface area (Å²) in [6.45, 7) is 9.43. The Labute approximate surface area is 111 Å². The molecule has 3 heteroatoms. The maximum absolute atomic E-state index is 5.01. The van der Waals surface area contributed by atoms with E-state index in [1.807, 2.05) is 0 Å². The van der Waals surface area contributed by atoms with Crippen LogP contribution in [-0.4, -0.2) is 44.8 Å². The molecule has 0 radical (unpaired) electrons. The smallest absolute Gasteiger partial charge is 0.0635 e. The van der Waals surface area contributed by atoms with Crippen molar-refractivity contribution in [2.45, 2.75) is 20.3 Å². The number of rotatable bonds is 9. The van der Waals surface area contributed by atoms with E-state index >= 15 is 0 Å². The van der Waals surface area contributed by atoms with Crippen LogP contribution in [-0.2, 0) is 11.2 Å². The molecule has 0 bridgehead atoms. The van der Waals surface area contributed by atoms with E-state index in [0.29, 0.717) is 0 Å². The maximum atomic E-state index is 5.01. The highest BCUT2D eigenvalue weighted by atomic mass is 16.5. The molecular weight excluding hydrogens is 224 g/mol. The van der Waals surface area contributed by atoms with Gasteiger partial charge in [-0.2, -0.15) is 0 Å². The molecule has 0 saturated heterocycles. The Morgan fingerprint density at radius 3 is 2.33 bits per heavy atom. The van der Waals surface area contributed by atoms with Gasteiger partial charge in [-0.3, -0.25) is 0 Å². The number of methoxy groups -OCH3 is 1. The zero-order valence-electron chi connectivity index (χ0n) is 11.9. The normalized spacial score (nSPS) is 10.9. The van der Waals surface area contributed by atoms with Crippen molar-refractivity contribution in [2.24, 2.45) is 0 Å². The van der Waals surface area contributed by atoms with Crippen LogP contribution in [0.1, 0.15) is 19.4 Å². The van der Waals surface area contributed by atoms with E-state index in [0.717, 1.165) is 39.2 Å². The van der Waals surface area contributed by atoms with Crippen LogP contribution < -0.4 is 5.32 Å². The Balaban J connectivity index is 2.35. The number of ether oxygens (including phenoxy) is 1. The van der Waals surface area contributed by atoms with Gasteiger partial charge >= 0.3 is 0 Å². The molecule has 0 aliphatic carbocycles. The maximum Gasteiger partial charge on any atom is 0.0635 e. The van der Waals surface area contributed by atoms with Crippen molar-refractivity contribution >= 4 is 5.69 Å². The first kappa shape index (κ1) is 15.0. The second-order valence-electron chi connectivity index (χ2n) is 4.39. The third-order valence-electron chi connectivity index (χ3n) is 3.20. The quantitative estimate of drug-likeness (QED) is 0.682. The molecular formula is C15H26N2O. The minimum absolute atomic E-state index is 0.740. The summed E-state index contributed by atoms with van der Waals surface area (Å²) in [6.07, 6.45) is 1.13. The van der Waals surface area contributed by atoms with Gasteiger partial charge in [-0.05, 0) is 37.2 Å². The number of hydrogen-bond donors (Lipinski definition) is 1. The van der Waals surface area contributed by atoms with E-state index in [1.54, 1.807) is 7.11 Å². The summed E-state index contributed by atoms with van der Waals surface area (Å²) in [5, 5.41) is 3.32. The highest BCUT2D eigenvalue weighted by Gasteiger charge is 2.00. The monoisotopic (exact) mass is 250 g/mol. The van der Waals surface area contributed by atoms with Crippen LogP contribution in [0, 0.1) is 0 Å². The van der Waals surface area contributed by atoms with Crippen LogP contribution >= 0.6 is 0 Å². The summed E-state index contributed by atoms with van der Waals surface area (Å²) in [7, 11) is 1.72. The van der Waals surface area contributed by atoms with Crippen molar-refractivity contribution in [2.75, 3.05) is 45.2 Å². The summed E-state index contributed by atoms with van der Waals surface area (Å²) in [6, 6.07) is 8.71. The van der Waals surface area contributed by atoms with Crippen molar-refractivity contribution < 1.29 is 4.74 Å². The molecule has 0 atom stereocenters. The second-order valence-corrected chi connectivity index (χ2v) is 4.39. The fourth-order valence-electron chi connectivity index (χ4n) is 1.91. The van der Waals surface area contributed by atoms with Gasteiger partial charge < -0.3 is 15.0 Å². The molecule has 1 aromatic rings. The molecule has 102 valence electrons. The Hall–Kier alpha value is -1.06. The lowest BCUT2D eigenvalue weighted by atomic mass is 10.1. The van der Waals surface area contributed by atoms with Gasteiger partial charge in [-0.15, -0.1) is 0 Å². The van der Waals surface area contributed by atoms with Crippen molar-refractivity contribution in [1.82, 2.24) is 4.90 Å². The molecule has 0 aliphatic rings. The van der Waals surface area contributed by atoms with Gasteiger partial charge in [0.2, 0.25) is 0 Å². The van der Waals surface area contributed by atoms with Crippen LogP contribution in [0.25, 0.3) is 0 Å². The molecule has 1 rings (SSSR count). The zero-order valence-corrected chi connectivity index (χ0v) is 11.9. The topological polar surface area (TPSA) is 24.5 Å². The Morgan fingerprint density at radius 1 is 1.11 bits per heavy atom. The number of nitrogens with zero attached hydrogens (tertiary/aromatic N) is 1. The van der Waals surface area contributed by atoms with Gasteiger partial charge in [0.05, 0.1) is 6.61 Å². The van der Waals surface area contributed by atoms with Gasteiger partial charge in [0.15, 0.2) is 0 Å². The average molecular weight is 250 g/mol. The summed E-state index contributed by atoms with van der Waals surface area (Å²) in [5.41, 5.74) is 2.57. The second kappa shape index (κ2) is 8.95. The number of hydrogen-bond acceptors (Lipinski definition) is 3. The van der Waals surface area contributed by atoms with E-state index in [2.05, 4.69) is 48.3 Å². The standard InChI is InChI=1S/C15H26N2O/c1-4-17(5-2)12-10-14-6-8-15(9-7-14)16-11-13-18-3/h6-9,16H,4-5,10-13H2,1-3H3. The minimum Gasteiger partial charge on any atom is -0.383 e. The van der Waals surface area contributed by atoms with Gasteiger partial charge in [-0.1, -0.05) is 26.0 Å². The zero-order chi connectivity index (χ0) is 13.2. The van der Waals surface area contributed by atoms with Crippen molar-refractivity contribution in [3.05, 3.63) is 29.8 Å². The fourth-order valence-corrected chi connectivity index (χ4v) is 1.91. The predicted octanol–water partition coefficient (Wildman–Crippen LogP) is 2.63. The fraction of sp³-hybridized carbons (Fsp3) is 0.600. The van der Waals surface area contributed by atoms with Crippen LogP contribution in [0.5, 0.6) is 0 Å². The van der Waals surface area contributed by atoms with Gasteiger partial charge in [0, 0.05) is 25.9 Å². The Bertz CT molecular complexity index is 307. The molecule has 3 nitrogen and oxygen atoms in total. The van der Waals surface area contributed by atoms with Gasteiger partial charge in [0.25, 0.3) is 0 Å². The Kier molecular flexibility index (Phi) is 7.46. The van der Waals surface area contributed by atoms with Crippen molar-refractivity contribution in [3.8, 4) is 0 Å². The van der Waals surface area contributed by atoms with Crippen LogP contribution in [0.4, 0.5) is 5.69 Å². The minimum atomic E-state index is 0.740. The van der Waals surface area contributed by atoms with Crippen LogP contribution in [0.15, 0.2) is 24.3 Å². The number of benzene rings is 1. The van der Waals surface area contributed by atoms with E-state index < -0.39 is 0 Å². The third kappa shape index (κ3) is 5.52. The average Bonchev–Trinajstić information content (AvgIpc) is 2.42. The molecule has 1 N–H and O–H groups in total. The molecule has 0 aromatic heterocycles. The van der Waals surface area contributed by atoms with Crippen LogP contribution in [0.2, 0.25) is 0 Å². The largest absolute Gasteiger partial charge is 0.383 e. The van der Waals surface area contributed by atoms with Gasteiger partial charge in [0.1, 0.15) is 0 Å². The molecule has 0 heterocycles. The summed E-state index contributed by atoms with van der Waals surface area (Å²) in [5.74, 6) is 0. The highest BCUT2D eigenvalue weighted by molar-refractivity contribution is 5.44. The highest BCUT2D eigenvalue weighted by Crippen LogP contribution is 2.10. The molecule has 0 saturated carbocycles. The third-order valence-corrected chi connectivity index (χ3v) is 3.20. The lowest BCUT2D eigenvalue weighted by molar-refractivity contribution is 0.211. The number of anilines is 1. The lowest BCUT2D eigenvalue weighted by Crippen LogP contribution is -2.25. The van der Waals surface area contributed by atoms with E-state index in [4.69, 9.17) is 4.74 Å². The number of nitrogens with one attached hydrogen (secondary N) is 1. The molecule has 0 fully saturated rings. The first-order valence-corrected chi connectivity index (χ1v) is 6.84. The van der Waals surface area contributed by atoms with E-state index in [9.17, 15) is 0 Å². The predicted molar refractivity (Wildman–Crippen MR) is 78.3 cm³/mol. The van der Waals surface area contributed by atoms with E-state index in [1.165, 1.54) is 11.3 Å². The Morgan fingerprint density at radius 2 is 1.78 bits per heavy atom.